The number of halogens is 2. The number of unbranched alkanes of at least 4 members (excludes halogenated alkanes) is 2. The summed E-state index contributed by atoms with van der Waals surface area (Å²) in [5.41, 5.74) is 1.08. The number of carbonyl (C=O) groups is 2. The van der Waals surface area contributed by atoms with Crippen LogP contribution in [0.1, 0.15) is 53.3 Å². The van der Waals surface area contributed by atoms with Gasteiger partial charge in [0.1, 0.15) is 0 Å². The lowest BCUT2D eigenvalue weighted by molar-refractivity contribution is 0.0906. The van der Waals surface area contributed by atoms with Crippen LogP contribution in [0.25, 0.3) is 0 Å². The van der Waals surface area contributed by atoms with Crippen LogP contribution in [-0.2, 0) is 0 Å². The standard InChI is InChI=1S/C21H24Cl2N2O2/c1-2-3-4-5-19(25-21(27)16-8-12-18(23)13-9-16)14-24-20(26)15-6-10-17(22)11-7-15/h6-13,19H,2-5,14H2,1H3,(H,24,26)(H,25,27). The Hall–Kier alpha value is -2.04. The number of amides is 2. The number of nitrogens with one attached hydrogen (secondary N) is 2. The minimum absolute atomic E-state index is 0.143. The molecule has 0 spiro atoms. The zero-order valence-corrected chi connectivity index (χ0v) is 16.8. The molecule has 0 aliphatic rings. The highest BCUT2D eigenvalue weighted by molar-refractivity contribution is 6.31. The topological polar surface area (TPSA) is 58.2 Å². The van der Waals surface area contributed by atoms with Crippen LogP contribution < -0.4 is 10.6 Å². The Morgan fingerprint density at radius 3 is 1.89 bits per heavy atom. The van der Waals surface area contributed by atoms with Crippen molar-refractivity contribution in [3.8, 4) is 0 Å². The molecule has 144 valence electrons. The lowest BCUT2D eigenvalue weighted by Crippen LogP contribution is -2.43. The van der Waals surface area contributed by atoms with Crippen molar-refractivity contribution in [2.24, 2.45) is 0 Å². The minimum Gasteiger partial charge on any atom is -0.350 e. The van der Waals surface area contributed by atoms with E-state index in [1.165, 1.54) is 0 Å². The number of rotatable bonds is 9. The van der Waals surface area contributed by atoms with Gasteiger partial charge >= 0.3 is 0 Å². The van der Waals surface area contributed by atoms with E-state index in [9.17, 15) is 9.59 Å². The first-order chi connectivity index (χ1) is 13.0. The van der Waals surface area contributed by atoms with Crippen LogP contribution in [0.3, 0.4) is 0 Å². The van der Waals surface area contributed by atoms with Crippen LogP contribution in [-0.4, -0.2) is 24.4 Å². The Morgan fingerprint density at radius 1 is 0.852 bits per heavy atom. The average molecular weight is 407 g/mol. The maximum Gasteiger partial charge on any atom is 0.251 e. The fourth-order valence-corrected chi connectivity index (χ4v) is 2.91. The molecule has 0 radical (unpaired) electrons. The quantitative estimate of drug-likeness (QED) is 0.568. The molecule has 0 fully saturated rings. The number of benzene rings is 2. The van der Waals surface area contributed by atoms with E-state index in [1.54, 1.807) is 48.5 Å². The van der Waals surface area contributed by atoms with Crippen molar-refractivity contribution in [3.63, 3.8) is 0 Å². The van der Waals surface area contributed by atoms with E-state index >= 15 is 0 Å². The molecule has 2 rings (SSSR count). The van der Waals surface area contributed by atoms with E-state index in [0.717, 1.165) is 25.7 Å². The van der Waals surface area contributed by atoms with Gasteiger partial charge in [-0.1, -0.05) is 49.4 Å². The predicted octanol–water partition coefficient (Wildman–Crippen LogP) is 5.10. The molecule has 1 unspecified atom stereocenters. The van der Waals surface area contributed by atoms with E-state index in [-0.39, 0.29) is 17.9 Å². The van der Waals surface area contributed by atoms with Crippen LogP contribution in [0.15, 0.2) is 48.5 Å². The van der Waals surface area contributed by atoms with E-state index < -0.39 is 0 Å². The molecule has 27 heavy (non-hydrogen) atoms. The third kappa shape index (κ3) is 7.24. The van der Waals surface area contributed by atoms with Crippen LogP contribution >= 0.6 is 23.2 Å². The maximum absolute atomic E-state index is 12.5. The van der Waals surface area contributed by atoms with Gasteiger partial charge in [0.05, 0.1) is 0 Å². The molecule has 2 amide bonds. The van der Waals surface area contributed by atoms with E-state index in [2.05, 4.69) is 17.6 Å². The summed E-state index contributed by atoms with van der Waals surface area (Å²) in [5, 5.41) is 7.07. The fourth-order valence-electron chi connectivity index (χ4n) is 2.66. The summed E-state index contributed by atoms with van der Waals surface area (Å²) >= 11 is 11.7. The first-order valence-electron chi connectivity index (χ1n) is 9.09. The Bertz CT molecular complexity index is 746. The fraction of sp³-hybridized carbons (Fsp3) is 0.333. The second-order valence-corrected chi connectivity index (χ2v) is 7.26. The van der Waals surface area contributed by atoms with Gasteiger partial charge < -0.3 is 10.6 Å². The van der Waals surface area contributed by atoms with Crippen LogP contribution in [0, 0.1) is 0 Å². The van der Waals surface area contributed by atoms with Crippen molar-refractivity contribution in [3.05, 3.63) is 69.7 Å². The van der Waals surface area contributed by atoms with Crippen molar-refractivity contribution in [2.75, 3.05) is 6.54 Å². The summed E-state index contributed by atoms with van der Waals surface area (Å²) in [5.74, 6) is -0.359. The molecular formula is C21H24Cl2N2O2. The smallest absolute Gasteiger partial charge is 0.251 e. The molecule has 0 aliphatic carbocycles. The Balaban J connectivity index is 1.95. The molecule has 0 aromatic heterocycles. The largest absolute Gasteiger partial charge is 0.350 e. The normalized spacial score (nSPS) is 11.7. The highest BCUT2D eigenvalue weighted by atomic mass is 35.5. The van der Waals surface area contributed by atoms with Crippen LogP contribution in [0.2, 0.25) is 10.0 Å². The summed E-state index contributed by atoms with van der Waals surface area (Å²) < 4.78 is 0. The summed E-state index contributed by atoms with van der Waals surface area (Å²) in [6.45, 7) is 2.49. The number of hydrogen-bond donors (Lipinski definition) is 2. The van der Waals surface area contributed by atoms with E-state index in [1.807, 2.05) is 0 Å². The minimum atomic E-state index is -0.187. The van der Waals surface area contributed by atoms with Gasteiger partial charge in [0.15, 0.2) is 0 Å². The third-order valence-corrected chi connectivity index (χ3v) is 4.72. The summed E-state index contributed by atoms with van der Waals surface area (Å²) in [7, 11) is 0. The van der Waals surface area contributed by atoms with Gasteiger partial charge in [0, 0.05) is 33.8 Å². The molecule has 2 aromatic rings. The van der Waals surface area contributed by atoms with Crippen LogP contribution in [0.5, 0.6) is 0 Å². The molecular weight excluding hydrogens is 383 g/mol. The Kier molecular flexibility index (Phi) is 8.62. The summed E-state index contributed by atoms with van der Waals surface area (Å²) in [4.78, 5) is 24.8. The second-order valence-electron chi connectivity index (χ2n) is 6.39. The Morgan fingerprint density at radius 2 is 1.37 bits per heavy atom. The molecule has 0 saturated heterocycles. The molecule has 2 aromatic carbocycles. The number of hydrogen-bond acceptors (Lipinski definition) is 2. The molecule has 2 N–H and O–H groups in total. The maximum atomic E-state index is 12.5. The van der Waals surface area contributed by atoms with Crippen LogP contribution in [0.4, 0.5) is 0 Å². The third-order valence-electron chi connectivity index (χ3n) is 4.21. The van der Waals surface area contributed by atoms with Gasteiger partial charge in [-0.3, -0.25) is 9.59 Å². The molecule has 0 saturated carbocycles. The Labute approximate surface area is 170 Å². The first kappa shape index (κ1) is 21.3. The van der Waals surface area contributed by atoms with Gasteiger partial charge in [0.2, 0.25) is 0 Å². The lowest BCUT2D eigenvalue weighted by atomic mass is 10.1. The van der Waals surface area contributed by atoms with Crippen molar-refractivity contribution in [1.82, 2.24) is 10.6 Å². The zero-order chi connectivity index (χ0) is 19.6. The first-order valence-corrected chi connectivity index (χ1v) is 9.85. The molecule has 0 aliphatic heterocycles. The summed E-state index contributed by atoms with van der Waals surface area (Å²) in [6.07, 6.45) is 3.96. The molecule has 0 heterocycles. The van der Waals surface area contributed by atoms with Gasteiger partial charge in [-0.15, -0.1) is 0 Å². The van der Waals surface area contributed by atoms with Crippen molar-refractivity contribution < 1.29 is 9.59 Å². The monoisotopic (exact) mass is 406 g/mol. The van der Waals surface area contributed by atoms with Crippen molar-refractivity contribution in [1.29, 1.82) is 0 Å². The molecule has 1 atom stereocenters. The molecule has 4 nitrogen and oxygen atoms in total. The summed E-state index contributed by atoms with van der Waals surface area (Å²) in [6, 6.07) is 13.3. The highest BCUT2D eigenvalue weighted by Crippen LogP contribution is 2.11. The van der Waals surface area contributed by atoms with Gasteiger partial charge in [0.25, 0.3) is 11.8 Å². The van der Waals surface area contributed by atoms with Crippen molar-refractivity contribution >= 4 is 35.0 Å². The number of carbonyl (C=O) groups excluding carboxylic acids is 2. The van der Waals surface area contributed by atoms with Gasteiger partial charge in [-0.05, 0) is 55.0 Å². The van der Waals surface area contributed by atoms with Crippen molar-refractivity contribution in [2.45, 2.75) is 38.6 Å². The van der Waals surface area contributed by atoms with Gasteiger partial charge in [-0.25, -0.2) is 0 Å². The average Bonchev–Trinajstić information content (AvgIpc) is 2.67. The van der Waals surface area contributed by atoms with E-state index in [4.69, 9.17) is 23.2 Å². The van der Waals surface area contributed by atoms with Gasteiger partial charge in [-0.2, -0.15) is 0 Å². The molecule has 0 bridgehead atoms. The highest BCUT2D eigenvalue weighted by Gasteiger charge is 2.15. The van der Waals surface area contributed by atoms with E-state index in [0.29, 0.717) is 27.7 Å². The molecule has 6 heteroatoms. The lowest BCUT2D eigenvalue weighted by Gasteiger charge is -2.19. The SMILES string of the molecule is CCCCCC(CNC(=O)c1ccc(Cl)cc1)NC(=O)c1ccc(Cl)cc1. The zero-order valence-electron chi connectivity index (χ0n) is 15.3. The predicted molar refractivity (Wildman–Crippen MR) is 111 cm³/mol. The second kappa shape index (κ2) is 11.0.